The van der Waals surface area contributed by atoms with Crippen LogP contribution in [0.25, 0.3) is 5.52 Å². The number of aryl methyl sites for hydroxylation is 1. The van der Waals surface area contributed by atoms with Gasteiger partial charge in [0.25, 0.3) is 0 Å². The van der Waals surface area contributed by atoms with Crippen LogP contribution >= 0.6 is 11.6 Å². The van der Waals surface area contributed by atoms with E-state index < -0.39 is 0 Å². The van der Waals surface area contributed by atoms with Crippen LogP contribution in [0.1, 0.15) is 24.2 Å². The lowest BCUT2D eigenvalue weighted by Crippen LogP contribution is -2.31. The molecule has 18 heavy (non-hydrogen) atoms. The fourth-order valence-corrected chi connectivity index (χ4v) is 2.96. The zero-order valence-corrected chi connectivity index (χ0v) is 11.4. The second kappa shape index (κ2) is 4.90. The number of piperidine rings is 1. The van der Waals surface area contributed by atoms with E-state index in [0.29, 0.717) is 11.1 Å². The van der Waals surface area contributed by atoms with Gasteiger partial charge in [-0.3, -0.25) is 0 Å². The predicted molar refractivity (Wildman–Crippen MR) is 74.2 cm³/mol. The molecule has 2 aromatic heterocycles. The third-order valence-electron chi connectivity index (χ3n) is 3.70. The molecular formula is C14H18ClN3. The van der Waals surface area contributed by atoms with Crippen LogP contribution in [0.4, 0.5) is 0 Å². The van der Waals surface area contributed by atoms with Gasteiger partial charge in [-0.2, -0.15) is 0 Å². The number of hydrogen-bond acceptors (Lipinski definition) is 2. The summed E-state index contributed by atoms with van der Waals surface area (Å²) in [5.74, 6) is 1.77. The summed E-state index contributed by atoms with van der Waals surface area (Å²) >= 11 is 6.22. The molecule has 3 nitrogen and oxygen atoms in total. The maximum absolute atomic E-state index is 6.22. The SMILES string of the molecule is Cc1ccn2c(CC3CCCNC3)nc(Cl)c2c1. The first-order chi connectivity index (χ1) is 8.74. The number of halogens is 1. The first-order valence-electron chi connectivity index (χ1n) is 6.58. The minimum absolute atomic E-state index is 0.623. The molecule has 1 atom stereocenters. The molecule has 2 aromatic rings. The van der Waals surface area contributed by atoms with Gasteiger partial charge in [0.2, 0.25) is 0 Å². The quantitative estimate of drug-likeness (QED) is 0.903. The Morgan fingerprint density at radius 2 is 2.44 bits per heavy atom. The zero-order valence-electron chi connectivity index (χ0n) is 10.6. The highest BCUT2D eigenvalue weighted by molar-refractivity contribution is 6.32. The molecule has 0 amide bonds. The first-order valence-corrected chi connectivity index (χ1v) is 6.95. The lowest BCUT2D eigenvalue weighted by Gasteiger charge is -2.21. The van der Waals surface area contributed by atoms with Crippen LogP contribution in [-0.2, 0) is 6.42 Å². The Labute approximate surface area is 112 Å². The van der Waals surface area contributed by atoms with Gasteiger partial charge >= 0.3 is 0 Å². The average molecular weight is 264 g/mol. The highest BCUT2D eigenvalue weighted by Crippen LogP contribution is 2.23. The number of hydrogen-bond donors (Lipinski definition) is 1. The van der Waals surface area contributed by atoms with Gasteiger partial charge in [-0.1, -0.05) is 11.6 Å². The zero-order chi connectivity index (χ0) is 12.5. The maximum atomic E-state index is 6.22. The third kappa shape index (κ3) is 2.25. The van der Waals surface area contributed by atoms with Gasteiger partial charge in [-0.15, -0.1) is 0 Å². The largest absolute Gasteiger partial charge is 0.316 e. The number of rotatable bonds is 2. The van der Waals surface area contributed by atoms with Crippen molar-refractivity contribution in [2.75, 3.05) is 13.1 Å². The highest BCUT2D eigenvalue weighted by Gasteiger charge is 2.17. The van der Waals surface area contributed by atoms with E-state index in [-0.39, 0.29) is 0 Å². The second-order valence-electron chi connectivity index (χ2n) is 5.19. The second-order valence-corrected chi connectivity index (χ2v) is 5.55. The van der Waals surface area contributed by atoms with Gasteiger partial charge in [0.15, 0.2) is 5.15 Å². The van der Waals surface area contributed by atoms with E-state index in [0.717, 1.165) is 30.9 Å². The van der Waals surface area contributed by atoms with E-state index in [4.69, 9.17) is 11.6 Å². The predicted octanol–water partition coefficient (Wildman–Crippen LogP) is 2.84. The van der Waals surface area contributed by atoms with Gasteiger partial charge in [-0.25, -0.2) is 4.98 Å². The van der Waals surface area contributed by atoms with E-state index in [9.17, 15) is 0 Å². The fraction of sp³-hybridized carbons (Fsp3) is 0.500. The van der Waals surface area contributed by atoms with Crippen LogP contribution in [0.15, 0.2) is 18.3 Å². The summed E-state index contributed by atoms with van der Waals surface area (Å²) in [5, 5.41) is 4.07. The molecule has 96 valence electrons. The summed E-state index contributed by atoms with van der Waals surface area (Å²) in [6.45, 7) is 4.32. The van der Waals surface area contributed by atoms with E-state index in [1.54, 1.807) is 0 Å². The smallest absolute Gasteiger partial charge is 0.155 e. The van der Waals surface area contributed by atoms with Gasteiger partial charge in [0.1, 0.15) is 5.82 Å². The van der Waals surface area contributed by atoms with E-state index in [2.05, 4.69) is 40.0 Å². The van der Waals surface area contributed by atoms with E-state index in [1.807, 2.05) is 0 Å². The molecule has 1 fully saturated rings. The number of nitrogens with zero attached hydrogens (tertiary/aromatic N) is 2. The Bertz CT molecular complexity index is 555. The van der Waals surface area contributed by atoms with Crippen molar-refractivity contribution in [3.05, 3.63) is 34.9 Å². The first kappa shape index (κ1) is 12.0. The summed E-state index contributed by atoms with van der Waals surface area (Å²) < 4.78 is 2.13. The van der Waals surface area contributed by atoms with E-state index >= 15 is 0 Å². The van der Waals surface area contributed by atoms with Gasteiger partial charge in [0, 0.05) is 12.6 Å². The Kier molecular flexibility index (Phi) is 3.27. The van der Waals surface area contributed by atoms with Crippen molar-refractivity contribution in [3.63, 3.8) is 0 Å². The third-order valence-corrected chi connectivity index (χ3v) is 3.98. The number of fused-ring (bicyclic) bond motifs is 1. The topological polar surface area (TPSA) is 29.3 Å². The number of nitrogens with one attached hydrogen (secondary N) is 1. The van der Waals surface area contributed by atoms with E-state index in [1.165, 1.54) is 18.4 Å². The molecule has 0 aliphatic carbocycles. The normalized spacial score (nSPS) is 20.4. The molecule has 1 N–H and O–H groups in total. The van der Waals surface area contributed by atoms with Gasteiger partial charge in [0.05, 0.1) is 5.52 Å². The molecule has 0 saturated carbocycles. The highest BCUT2D eigenvalue weighted by atomic mass is 35.5. The molecule has 3 rings (SSSR count). The Morgan fingerprint density at radius 1 is 1.56 bits per heavy atom. The van der Waals surface area contributed by atoms with Crippen molar-refractivity contribution >= 4 is 17.1 Å². The molecule has 0 aromatic carbocycles. The molecule has 4 heteroatoms. The fourth-order valence-electron chi connectivity index (χ4n) is 2.71. The van der Waals surface area contributed by atoms with Crippen LogP contribution in [0.2, 0.25) is 5.15 Å². The molecule has 1 aliphatic heterocycles. The van der Waals surface area contributed by atoms with Crippen molar-refractivity contribution in [3.8, 4) is 0 Å². The maximum Gasteiger partial charge on any atom is 0.155 e. The van der Waals surface area contributed by atoms with Crippen LogP contribution < -0.4 is 5.32 Å². The lowest BCUT2D eigenvalue weighted by atomic mass is 9.96. The van der Waals surface area contributed by atoms with Crippen LogP contribution in [0.5, 0.6) is 0 Å². The summed E-state index contributed by atoms with van der Waals surface area (Å²) in [4.78, 5) is 4.53. The molecule has 1 saturated heterocycles. The molecular weight excluding hydrogens is 246 g/mol. The number of aromatic nitrogens is 2. The average Bonchev–Trinajstić information content (AvgIpc) is 2.67. The molecule has 0 spiro atoms. The summed E-state index contributed by atoms with van der Waals surface area (Å²) in [6.07, 6.45) is 5.63. The van der Waals surface area contributed by atoms with Crippen LogP contribution in [0, 0.1) is 12.8 Å². The summed E-state index contributed by atoms with van der Waals surface area (Å²) in [7, 11) is 0. The Hall–Kier alpha value is -1.06. The summed E-state index contributed by atoms with van der Waals surface area (Å²) in [5.41, 5.74) is 2.24. The molecule has 1 unspecified atom stereocenters. The molecule has 3 heterocycles. The standard InChI is InChI=1S/C14H18ClN3/c1-10-4-6-18-12(7-10)14(15)17-13(18)8-11-3-2-5-16-9-11/h4,6-7,11,16H,2-3,5,8-9H2,1H3. The minimum Gasteiger partial charge on any atom is -0.316 e. The monoisotopic (exact) mass is 263 g/mol. The Morgan fingerprint density at radius 3 is 3.22 bits per heavy atom. The molecule has 0 radical (unpaired) electrons. The molecule has 1 aliphatic rings. The van der Waals surface area contributed by atoms with Crippen molar-refractivity contribution in [2.24, 2.45) is 5.92 Å². The number of imidazole rings is 1. The Balaban J connectivity index is 1.91. The minimum atomic E-state index is 0.623. The van der Waals surface area contributed by atoms with Crippen molar-refractivity contribution in [1.29, 1.82) is 0 Å². The molecule has 0 bridgehead atoms. The van der Waals surface area contributed by atoms with Crippen molar-refractivity contribution < 1.29 is 0 Å². The lowest BCUT2D eigenvalue weighted by molar-refractivity contribution is 0.370. The van der Waals surface area contributed by atoms with Crippen LogP contribution in [-0.4, -0.2) is 22.5 Å². The van der Waals surface area contributed by atoms with Crippen molar-refractivity contribution in [1.82, 2.24) is 14.7 Å². The van der Waals surface area contributed by atoms with Crippen molar-refractivity contribution in [2.45, 2.75) is 26.2 Å². The number of pyridine rings is 1. The van der Waals surface area contributed by atoms with Crippen LogP contribution in [0.3, 0.4) is 0 Å². The van der Waals surface area contributed by atoms with Gasteiger partial charge < -0.3 is 9.72 Å². The van der Waals surface area contributed by atoms with Gasteiger partial charge in [-0.05, 0) is 56.5 Å². The summed E-state index contributed by atoms with van der Waals surface area (Å²) in [6, 6.07) is 4.20.